The number of hydrogen-bond acceptors (Lipinski definition) is 13. The Balaban J connectivity index is 0.686. The molecule has 2 saturated heterocycles. The van der Waals surface area contributed by atoms with Gasteiger partial charge >= 0.3 is 12.1 Å². The van der Waals surface area contributed by atoms with Crippen LogP contribution in [0.5, 0.6) is 5.75 Å². The number of nitrogens with zero attached hydrogens (tertiary/aromatic N) is 7. The van der Waals surface area contributed by atoms with Gasteiger partial charge in [0.25, 0.3) is 5.91 Å². The Bertz CT molecular complexity index is 3330. The molecule has 20 heteroatoms. The van der Waals surface area contributed by atoms with Crippen LogP contribution < -0.4 is 25.2 Å². The highest BCUT2D eigenvalue weighted by Crippen LogP contribution is 2.45. The fourth-order valence-corrected chi connectivity index (χ4v) is 12.1. The number of rotatable bonds is 14. The number of carbonyl (C=O) groups is 4. The first kappa shape index (κ1) is 50.7. The first-order valence-electron chi connectivity index (χ1n) is 25.8. The van der Waals surface area contributed by atoms with Crippen molar-refractivity contribution in [2.24, 2.45) is 7.05 Å². The van der Waals surface area contributed by atoms with Crippen LogP contribution in [0.15, 0.2) is 91.0 Å². The van der Waals surface area contributed by atoms with Crippen LogP contribution in [0.3, 0.4) is 0 Å². The van der Waals surface area contributed by atoms with Crippen molar-refractivity contribution >= 4 is 72.8 Å². The van der Waals surface area contributed by atoms with Crippen molar-refractivity contribution < 1.29 is 46.9 Å². The minimum Gasteiger partial charge on any atom is -0.490 e. The number of aromatic carboxylic acids is 1. The van der Waals surface area contributed by atoms with E-state index in [4.69, 9.17) is 14.6 Å². The molecule has 394 valence electrons. The van der Waals surface area contributed by atoms with Crippen molar-refractivity contribution in [3.8, 4) is 16.9 Å². The van der Waals surface area contributed by atoms with Gasteiger partial charge in [-0.2, -0.15) is 18.3 Å². The van der Waals surface area contributed by atoms with Crippen LogP contribution in [0, 0.1) is 0 Å². The summed E-state index contributed by atoms with van der Waals surface area (Å²) in [5.74, 6) is -2.95. The summed E-state index contributed by atoms with van der Waals surface area (Å²) >= 11 is 1.36. The van der Waals surface area contributed by atoms with Gasteiger partial charge < -0.3 is 24.4 Å². The molecule has 4 aliphatic rings. The Morgan fingerprint density at radius 2 is 1.61 bits per heavy atom. The standard InChI is InChI=1S/C56H56F3N9O7S/c1-65-51-39(49(64-65)40-21-23-47(69)62-53(40)71)11-5-13-43(51)67-29-27-66(28-30-67)25-7-31-74-34-16-18-35(19-17-34)75-44-14-6-9-36(48(44)56(57,58)59)37-20-22-46(61-50(37)54(72)73)68-26-24-33-8-4-10-38(41(33)32-68)52(70)63-55-60-42-12-2-3-15-45(42)76-55/h2-6,8-15,20,22,34-35,40H,7,16-19,21,23-32H2,1H3,(H,72,73)(H,60,63,70)(H,62,69,71). The minimum absolute atomic E-state index is 0.0427. The second-order valence-electron chi connectivity index (χ2n) is 19.9. The number of alkyl halides is 3. The summed E-state index contributed by atoms with van der Waals surface area (Å²) in [5, 5.41) is 22.0. The highest BCUT2D eigenvalue weighted by atomic mass is 32.1. The number of benzene rings is 4. The van der Waals surface area contributed by atoms with Gasteiger partial charge in [-0.05, 0) is 98.5 Å². The number of aromatic nitrogens is 4. The van der Waals surface area contributed by atoms with E-state index in [1.165, 1.54) is 41.7 Å². The molecule has 3 amide bonds. The number of amides is 3. The van der Waals surface area contributed by atoms with E-state index < -0.39 is 35.4 Å². The van der Waals surface area contributed by atoms with E-state index in [1.54, 1.807) is 6.07 Å². The SMILES string of the molecule is Cn1nc(C2CCC(=O)NC2=O)c2cccc(N3CCN(CCCOC4CCC(Oc5cccc(-c6ccc(N7CCc8cccc(C(=O)Nc9nc%10ccccc%10s9)c8C7)nc6C(=O)O)c5C(F)(F)F)CC4)CC3)c21. The predicted molar refractivity (Wildman–Crippen MR) is 282 cm³/mol. The van der Waals surface area contributed by atoms with E-state index in [0.717, 1.165) is 77.1 Å². The lowest BCUT2D eigenvalue weighted by Crippen LogP contribution is -2.47. The highest BCUT2D eigenvalue weighted by Gasteiger charge is 2.40. The summed E-state index contributed by atoms with van der Waals surface area (Å²) in [7, 11) is 1.89. The maximum atomic E-state index is 15.2. The summed E-state index contributed by atoms with van der Waals surface area (Å²) in [6.07, 6.45) is -1.10. The van der Waals surface area contributed by atoms with Gasteiger partial charge in [0.05, 0.1) is 45.2 Å². The van der Waals surface area contributed by atoms with Crippen molar-refractivity contribution in [1.29, 1.82) is 0 Å². The first-order chi connectivity index (χ1) is 36.7. The van der Waals surface area contributed by atoms with Crippen LogP contribution in [0.2, 0.25) is 0 Å². The number of ether oxygens (including phenoxy) is 2. The molecule has 16 nitrogen and oxygen atoms in total. The Labute approximate surface area is 439 Å². The molecule has 76 heavy (non-hydrogen) atoms. The van der Waals surface area contributed by atoms with E-state index in [1.807, 2.05) is 65.2 Å². The molecule has 3 aromatic heterocycles. The Morgan fingerprint density at radius 1 is 0.829 bits per heavy atom. The monoisotopic (exact) mass is 1060 g/mol. The number of carboxylic acid groups (broad SMARTS) is 1. The highest BCUT2D eigenvalue weighted by molar-refractivity contribution is 7.22. The smallest absolute Gasteiger partial charge is 0.420 e. The lowest BCUT2D eigenvalue weighted by atomic mass is 9.92. The number of piperidine rings is 1. The normalized spacial score (nSPS) is 19.4. The molecule has 0 bridgehead atoms. The van der Waals surface area contributed by atoms with E-state index in [9.17, 15) is 24.3 Å². The predicted octanol–water partition coefficient (Wildman–Crippen LogP) is 9.22. The summed E-state index contributed by atoms with van der Waals surface area (Å²) in [6.45, 7) is 5.44. The number of para-hydroxylation sites is 2. The van der Waals surface area contributed by atoms with Crippen LogP contribution in [0.1, 0.15) is 94.1 Å². The molecule has 11 rings (SSSR count). The molecule has 0 radical (unpaired) electrons. The average Bonchev–Trinajstić information content (AvgIpc) is 4.04. The minimum atomic E-state index is -4.89. The summed E-state index contributed by atoms with van der Waals surface area (Å²) < 4.78 is 60.7. The van der Waals surface area contributed by atoms with Gasteiger partial charge in [0.2, 0.25) is 11.8 Å². The number of carboxylic acids is 1. The van der Waals surface area contributed by atoms with Gasteiger partial charge in [0.1, 0.15) is 17.1 Å². The second-order valence-corrected chi connectivity index (χ2v) is 20.9. The number of hydrogen-bond donors (Lipinski definition) is 3. The molecule has 1 saturated carbocycles. The number of thiazole rings is 1. The van der Waals surface area contributed by atoms with Crippen LogP contribution in [-0.4, -0.2) is 112 Å². The number of anilines is 3. The van der Waals surface area contributed by atoms with E-state index >= 15 is 13.2 Å². The lowest BCUT2D eigenvalue weighted by molar-refractivity contribution is -0.139. The molecule has 6 heterocycles. The van der Waals surface area contributed by atoms with Crippen molar-refractivity contribution in [3.63, 3.8) is 0 Å². The molecule has 7 aromatic rings. The first-order valence-corrected chi connectivity index (χ1v) is 26.6. The Morgan fingerprint density at radius 3 is 2.38 bits per heavy atom. The van der Waals surface area contributed by atoms with Gasteiger partial charge in [-0.15, -0.1) is 0 Å². The zero-order valence-electron chi connectivity index (χ0n) is 41.8. The van der Waals surface area contributed by atoms with Gasteiger partial charge in [-0.25, -0.2) is 14.8 Å². The van der Waals surface area contributed by atoms with E-state index in [0.29, 0.717) is 74.5 Å². The number of aryl methyl sites for hydroxylation is 1. The number of fused-ring (bicyclic) bond motifs is 3. The maximum Gasteiger partial charge on any atom is 0.420 e. The Hall–Kier alpha value is -7.42. The Kier molecular flexibility index (Phi) is 14.2. The fraction of sp³-hybridized carbons (Fsp3) is 0.375. The van der Waals surface area contributed by atoms with Crippen LogP contribution in [0.4, 0.5) is 29.8 Å². The third kappa shape index (κ3) is 10.4. The topological polar surface area (TPSA) is 184 Å². The molecule has 1 unspecified atom stereocenters. The summed E-state index contributed by atoms with van der Waals surface area (Å²) in [5.41, 5.74) is 3.51. The molecule has 4 aromatic carbocycles. The average molecular weight is 1060 g/mol. The van der Waals surface area contributed by atoms with Gasteiger partial charge in [-0.1, -0.05) is 59.9 Å². The molecule has 3 N–H and O–H groups in total. The number of piperazine rings is 1. The molecule has 3 fully saturated rings. The molecule has 0 spiro atoms. The van der Waals surface area contributed by atoms with Crippen molar-refractivity contribution in [2.75, 3.05) is 61.0 Å². The third-order valence-corrected chi connectivity index (χ3v) is 16.0. The molecular formula is C56H56F3N9O7S. The molecule has 1 aliphatic carbocycles. The zero-order chi connectivity index (χ0) is 52.7. The number of pyridine rings is 1. The number of halogens is 3. The quantitative estimate of drug-likeness (QED) is 0.0693. The fourth-order valence-electron chi connectivity index (χ4n) is 11.3. The lowest BCUT2D eigenvalue weighted by Gasteiger charge is -2.36. The maximum absolute atomic E-state index is 15.2. The van der Waals surface area contributed by atoms with Gasteiger partial charge in [0, 0.05) is 88.0 Å². The van der Waals surface area contributed by atoms with Gasteiger partial charge in [-0.3, -0.25) is 34.6 Å². The van der Waals surface area contributed by atoms with Crippen molar-refractivity contribution in [1.82, 2.24) is 30.0 Å². The van der Waals surface area contributed by atoms with Crippen molar-refractivity contribution in [3.05, 3.63) is 125 Å². The second kappa shape index (κ2) is 21.3. The van der Waals surface area contributed by atoms with Gasteiger partial charge in [0.15, 0.2) is 10.8 Å². The number of carbonyl (C=O) groups excluding carboxylic acids is 3. The number of imide groups is 1. The van der Waals surface area contributed by atoms with Crippen LogP contribution in [0.25, 0.3) is 32.2 Å². The number of nitrogens with one attached hydrogen (secondary N) is 2. The molecule has 3 aliphatic heterocycles. The third-order valence-electron chi connectivity index (χ3n) is 15.1. The van der Waals surface area contributed by atoms with E-state index in [-0.39, 0.29) is 53.1 Å². The van der Waals surface area contributed by atoms with Crippen LogP contribution >= 0.6 is 11.3 Å². The molecular weight excluding hydrogens is 1000 g/mol. The van der Waals surface area contributed by atoms with Crippen LogP contribution in [-0.2, 0) is 40.5 Å². The summed E-state index contributed by atoms with van der Waals surface area (Å²) in [4.78, 5) is 66.6. The zero-order valence-corrected chi connectivity index (χ0v) is 42.6. The summed E-state index contributed by atoms with van der Waals surface area (Å²) in [6, 6.07) is 26.0. The van der Waals surface area contributed by atoms with Crippen molar-refractivity contribution in [2.45, 2.75) is 82.2 Å². The molecule has 1 atom stereocenters. The van der Waals surface area contributed by atoms with E-state index in [2.05, 4.69) is 36.5 Å². The largest absolute Gasteiger partial charge is 0.490 e.